The van der Waals surface area contributed by atoms with Crippen LogP contribution < -0.4 is 16.4 Å². The molecule has 1 aromatic rings. The zero-order valence-corrected chi connectivity index (χ0v) is 15.8. The van der Waals surface area contributed by atoms with Gasteiger partial charge < -0.3 is 16.4 Å². The van der Waals surface area contributed by atoms with Crippen molar-refractivity contribution in [3.8, 4) is 0 Å². The summed E-state index contributed by atoms with van der Waals surface area (Å²) in [6, 6.07) is 5.58. The van der Waals surface area contributed by atoms with Crippen molar-refractivity contribution in [1.82, 2.24) is 14.9 Å². The molecule has 0 aliphatic carbocycles. The lowest BCUT2D eigenvalue weighted by molar-refractivity contribution is -0.127. The molecule has 140 valence electrons. The second kappa shape index (κ2) is 8.93. The Balaban J connectivity index is 2.51. The Morgan fingerprint density at radius 3 is 2.16 bits per heavy atom. The highest BCUT2D eigenvalue weighted by molar-refractivity contribution is 7.89. The quantitative estimate of drug-likeness (QED) is 0.578. The molecular formula is C16H26N4O4S. The van der Waals surface area contributed by atoms with Crippen molar-refractivity contribution in [2.45, 2.75) is 31.3 Å². The third-order valence-corrected chi connectivity index (χ3v) is 5.47. The fourth-order valence-electron chi connectivity index (χ4n) is 1.84. The largest absolute Gasteiger partial charge is 0.350 e. The first-order valence-corrected chi connectivity index (χ1v) is 9.31. The summed E-state index contributed by atoms with van der Waals surface area (Å²) in [5, 5.41) is 5.13. The maximum atomic E-state index is 12.0. The average molecular weight is 370 g/mol. The Hall–Kier alpha value is -1.97. The second-order valence-corrected chi connectivity index (χ2v) is 8.35. The van der Waals surface area contributed by atoms with Crippen LogP contribution in [0.5, 0.6) is 0 Å². The van der Waals surface area contributed by atoms with Gasteiger partial charge >= 0.3 is 0 Å². The fraction of sp³-hybridized carbons (Fsp3) is 0.500. The molecule has 0 fully saturated rings. The molecule has 1 atom stereocenters. The number of nitrogens with two attached hydrogens (primary N) is 1. The molecule has 25 heavy (non-hydrogen) atoms. The van der Waals surface area contributed by atoms with Crippen LogP contribution in [0.25, 0.3) is 0 Å². The molecule has 0 aromatic heterocycles. The topological polar surface area (TPSA) is 122 Å². The highest BCUT2D eigenvalue weighted by atomic mass is 32.2. The van der Waals surface area contributed by atoms with Crippen LogP contribution in [0, 0.1) is 5.92 Å². The number of rotatable bonds is 8. The summed E-state index contributed by atoms with van der Waals surface area (Å²) in [4.78, 5) is 23.6. The van der Waals surface area contributed by atoms with Gasteiger partial charge in [0.05, 0.1) is 17.5 Å². The number of hydrogen-bond donors (Lipinski definition) is 3. The molecule has 0 saturated carbocycles. The van der Waals surface area contributed by atoms with Crippen molar-refractivity contribution < 1.29 is 18.0 Å². The zero-order chi connectivity index (χ0) is 19.2. The average Bonchev–Trinajstić information content (AvgIpc) is 2.57. The van der Waals surface area contributed by atoms with Gasteiger partial charge in [-0.05, 0) is 23.6 Å². The summed E-state index contributed by atoms with van der Waals surface area (Å²) >= 11 is 0. The third kappa shape index (κ3) is 6.11. The summed E-state index contributed by atoms with van der Waals surface area (Å²) in [6.07, 6.45) is 0. The minimum atomic E-state index is -3.47. The molecule has 4 N–H and O–H groups in total. The summed E-state index contributed by atoms with van der Waals surface area (Å²) in [6.45, 7) is 3.72. The predicted octanol–water partition coefficient (Wildman–Crippen LogP) is -0.347. The first-order chi connectivity index (χ1) is 11.6. The first kappa shape index (κ1) is 21.1. The lowest BCUT2D eigenvalue weighted by atomic mass is 10.1. The van der Waals surface area contributed by atoms with E-state index in [4.69, 9.17) is 5.73 Å². The van der Waals surface area contributed by atoms with Gasteiger partial charge in [0.1, 0.15) is 0 Å². The van der Waals surface area contributed by atoms with E-state index in [9.17, 15) is 18.0 Å². The van der Waals surface area contributed by atoms with Crippen LogP contribution in [0.15, 0.2) is 29.2 Å². The molecule has 0 radical (unpaired) electrons. The van der Waals surface area contributed by atoms with Gasteiger partial charge in [-0.25, -0.2) is 12.7 Å². The van der Waals surface area contributed by atoms with Crippen LogP contribution in [0.4, 0.5) is 0 Å². The fourth-order valence-corrected chi connectivity index (χ4v) is 2.74. The molecule has 0 aliphatic rings. The summed E-state index contributed by atoms with van der Waals surface area (Å²) in [5.74, 6) is -0.738. The predicted molar refractivity (Wildman–Crippen MR) is 95.0 cm³/mol. The summed E-state index contributed by atoms with van der Waals surface area (Å²) < 4.78 is 25.1. The molecule has 1 rings (SSSR count). The molecular weight excluding hydrogens is 344 g/mol. The van der Waals surface area contributed by atoms with Gasteiger partial charge in [0.15, 0.2) is 0 Å². The van der Waals surface area contributed by atoms with E-state index in [-0.39, 0.29) is 35.7 Å². The summed E-state index contributed by atoms with van der Waals surface area (Å²) in [7, 11) is -0.549. The van der Waals surface area contributed by atoms with Gasteiger partial charge in [-0.15, -0.1) is 0 Å². The van der Waals surface area contributed by atoms with Crippen molar-refractivity contribution in [3.05, 3.63) is 29.8 Å². The molecule has 2 amide bonds. The number of carbonyl (C=O) groups is 2. The molecule has 1 aromatic carbocycles. The number of nitrogens with one attached hydrogen (secondary N) is 2. The van der Waals surface area contributed by atoms with Crippen molar-refractivity contribution in [2.75, 3.05) is 20.6 Å². The molecule has 0 unspecified atom stereocenters. The number of sulfonamides is 1. The van der Waals surface area contributed by atoms with Crippen LogP contribution in [-0.4, -0.2) is 51.2 Å². The minimum absolute atomic E-state index is 0.0139. The Morgan fingerprint density at radius 2 is 1.68 bits per heavy atom. The van der Waals surface area contributed by atoms with E-state index in [0.29, 0.717) is 0 Å². The normalized spacial score (nSPS) is 12.9. The van der Waals surface area contributed by atoms with Crippen LogP contribution in [0.3, 0.4) is 0 Å². The van der Waals surface area contributed by atoms with E-state index < -0.39 is 16.1 Å². The SMILES string of the molecule is CC(C)[C@H](N)C(=O)NCC(=O)NCc1ccc(S(=O)(=O)N(C)C)cc1. The first-order valence-electron chi connectivity index (χ1n) is 7.87. The van der Waals surface area contributed by atoms with E-state index >= 15 is 0 Å². The number of hydrogen-bond acceptors (Lipinski definition) is 5. The van der Waals surface area contributed by atoms with Gasteiger partial charge in [0, 0.05) is 20.6 Å². The molecule has 0 saturated heterocycles. The van der Waals surface area contributed by atoms with Crippen LogP contribution in [0.1, 0.15) is 19.4 Å². The zero-order valence-electron chi connectivity index (χ0n) is 14.9. The monoisotopic (exact) mass is 370 g/mol. The Bertz CT molecular complexity index is 699. The Labute approximate surface area is 148 Å². The standard InChI is InChI=1S/C16H26N4O4S/c1-11(2)15(17)16(22)19-10-14(21)18-9-12-5-7-13(8-6-12)25(23,24)20(3)4/h5-8,11,15H,9-10,17H2,1-4H3,(H,18,21)(H,19,22)/t15-/m0/s1. The molecule has 0 heterocycles. The van der Waals surface area contributed by atoms with E-state index in [1.165, 1.54) is 26.2 Å². The van der Waals surface area contributed by atoms with Gasteiger partial charge in [-0.3, -0.25) is 9.59 Å². The molecule has 0 spiro atoms. The van der Waals surface area contributed by atoms with Crippen molar-refractivity contribution in [2.24, 2.45) is 11.7 Å². The molecule has 0 bridgehead atoms. The number of carbonyl (C=O) groups excluding carboxylic acids is 2. The van der Waals surface area contributed by atoms with Crippen molar-refractivity contribution in [1.29, 1.82) is 0 Å². The molecule has 0 aliphatic heterocycles. The van der Waals surface area contributed by atoms with Gasteiger partial charge in [0.25, 0.3) is 0 Å². The van der Waals surface area contributed by atoms with Crippen LogP contribution in [0.2, 0.25) is 0 Å². The minimum Gasteiger partial charge on any atom is -0.350 e. The highest BCUT2D eigenvalue weighted by Gasteiger charge is 2.18. The summed E-state index contributed by atoms with van der Waals surface area (Å²) in [5.41, 5.74) is 6.43. The lowest BCUT2D eigenvalue weighted by Crippen LogP contribution is -2.47. The maximum absolute atomic E-state index is 12.0. The maximum Gasteiger partial charge on any atom is 0.242 e. The van der Waals surface area contributed by atoms with E-state index in [0.717, 1.165) is 9.87 Å². The van der Waals surface area contributed by atoms with Gasteiger partial charge in [0.2, 0.25) is 21.8 Å². The van der Waals surface area contributed by atoms with E-state index in [2.05, 4.69) is 10.6 Å². The van der Waals surface area contributed by atoms with E-state index in [1.54, 1.807) is 12.1 Å². The van der Waals surface area contributed by atoms with Crippen LogP contribution >= 0.6 is 0 Å². The number of benzene rings is 1. The lowest BCUT2D eigenvalue weighted by Gasteiger charge is -2.15. The molecule has 9 heteroatoms. The van der Waals surface area contributed by atoms with E-state index in [1.807, 2.05) is 13.8 Å². The van der Waals surface area contributed by atoms with Crippen molar-refractivity contribution in [3.63, 3.8) is 0 Å². The second-order valence-electron chi connectivity index (χ2n) is 6.20. The number of nitrogens with zero attached hydrogens (tertiary/aromatic N) is 1. The number of amides is 2. The van der Waals surface area contributed by atoms with Crippen molar-refractivity contribution >= 4 is 21.8 Å². The molecule has 8 nitrogen and oxygen atoms in total. The van der Waals surface area contributed by atoms with Crippen LogP contribution in [-0.2, 0) is 26.2 Å². The third-order valence-electron chi connectivity index (χ3n) is 3.64. The van der Waals surface area contributed by atoms with Gasteiger partial charge in [-0.1, -0.05) is 26.0 Å². The highest BCUT2D eigenvalue weighted by Crippen LogP contribution is 2.13. The van der Waals surface area contributed by atoms with Gasteiger partial charge in [-0.2, -0.15) is 0 Å². The Morgan fingerprint density at radius 1 is 1.12 bits per heavy atom. The Kier molecular flexibility index (Phi) is 7.53. The smallest absolute Gasteiger partial charge is 0.242 e.